The summed E-state index contributed by atoms with van der Waals surface area (Å²) >= 11 is 0. The monoisotopic (exact) mass is 537 g/mol. The number of hydrogen-bond donors (Lipinski definition) is 0. The molecule has 0 unspecified atom stereocenters. The van der Waals surface area contributed by atoms with Crippen LogP contribution in [-0.4, -0.2) is 0 Å². The summed E-state index contributed by atoms with van der Waals surface area (Å²) in [6.45, 7) is 0. The van der Waals surface area contributed by atoms with Gasteiger partial charge in [-0.1, -0.05) is 139 Å². The molecule has 0 radical (unpaired) electrons. The molecule has 0 atom stereocenters. The van der Waals surface area contributed by atoms with Crippen molar-refractivity contribution in [3.8, 4) is 22.3 Å². The molecule has 9 aromatic carbocycles. The molecule has 0 amide bonds. The molecule has 0 spiro atoms. The van der Waals surface area contributed by atoms with Crippen LogP contribution in [0.25, 0.3) is 86.9 Å². The van der Waals surface area contributed by atoms with Crippen molar-refractivity contribution in [2.75, 3.05) is 0 Å². The van der Waals surface area contributed by atoms with Crippen molar-refractivity contribution < 1.29 is 9.60 Å². The predicted molar refractivity (Wildman–Crippen MR) is 182 cm³/mol. The van der Waals surface area contributed by atoms with E-state index in [-0.39, 0.29) is 47.7 Å². The number of rotatable bonds is 2. The van der Waals surface area contributed by atoms with E-state index in [1.807, 2.05) is 72.8 Å². The highest BCUT2D eigenvalue weighted by Crippen LogP contribution is 2.46. The minimum absolute atomic E-state index is 0.124. The van der Waals surface area contributed by atoms with Crippen LogP contribution in [0, 0.1) is 0 Å². The van der Waals surface area contributed by atoms with Crippen LogP contribution >= 0.6 is 0 Å². The van der Waals surface area contributed by atoms with Gasteiger partial charge in [-0.3, -0.25) is 0 Å². The molecule has 0 aliphatic rings. The fraction of sp³-hybridized carbons (Fsp3) is 0. The van der Waals surface area contributed by atoms with Gasteiger partial charge in [0.15, 0.2) is 0 Å². The maximum absolute atomic E-state index is 9.34. The average Bonchev–Trinajstić information content (AvgIpc) is 3.13. The molecular formula is C42H26. The second kappa shape index (κ2) is 9.03. The van der Waals surface area contributed by atoms with Gasteiger partial charge >= 0.3 is 0 Å². The molecule has 9 rings (SSSR count). The van der Waals surface area contributed by atoms with Crippen molar-refractivity contribution in [3.05, 3.63) is 158 Å². The molecule has 42 heavy (non-hydrogen) atoms. The Hall–Kier alpha value is -5.46. The standard InChI is InChI=1S/C42H26/c1-2-11-28-25-32(21-20-27(28)10-1)41-36-14-5-7-16-38(36)42(39-17-8-6-15-37(39)41)35-19-9-18-33-34(35)23-22-31-24-29-12-3-4-13-30(29)26-40(31)33/h1-26H/i5D,6D,7D,8D,14D,15D,16D. The lowest BCUT2D eigenvalue weighted by Crippen LogP contribution is -1.92. The van der Waals surface area contributed by atoms with Crippen LogP contribution in [0.2, 0.25) is 0 Å². The summed E-state index contributed by atoms with van der Waals surface area (Å²) in [4.78, 5) is 0. The van der Waals surface area contributed by atoms with E-state index < -0.39 is 0 Å². The van der Waals surface area contributed by atoms with E-state index in [0.717, 1.165) is 48.7 Å². The summed E-state index contributed by atoms with van der Waals surface area (Å²) in [6, 6.07) is 36.3. The van der Waals surface area contributed by atoms with E-state index in [1.165, 1.54) is 0 Å². The van der Waals surface area contributed by atoms with Crippen molar-refractivity contribution in [2.45, 2.75) is 0 Å². The first-order chi connectivity index (χ1) is 23.7. The van der Waals surface area contributed by atoms with Gasteiger partial charge in [0, 0.05) is 0 Å². The lowest BCUT2D eigenvalue weighted by Gasteiger charge is -2.19. The van der Waals surface area contributed by atoms with E-state index >= 15 is 0 Å². The third-order valence-electron chi connectivity index (χ3n) is 8.50. The van der Waals surface area contributed by atoms with Gasteiger partial charge in [-0.05, 0) is 105 Å². The largest absolute Gasteiger partial charge is 0.0629 e. The molecule has 0 aromatic heterocycles. The highest BCUT2D eigenvalue weighted by atomic mass is 14.2. The van der Waals surface area contributed by atoms with Gasteiger partial charge in [0.2, 0.25) is 0 Å². The van der Waals surface area contributed by atoms with Crippen molar-refractivity contribution in [1.82, 2.24) is 0 Å². The molecule has 0 fully saturated rings. The molecule has 0 N–H and O–H groups in total. The second-order valence-electron chi connectivity index (χ2n) is 10.8. The van der Waals surface area contributed by atoms with Gasteiger partial charge in [0.05, 0.1) is 9.60 Å². The van der Waals surface area contributed by atoms with Crippen molar-refractivity contribution in [3.63, 3.8) is 0 Å². The lowest BCUT2D eigenvalue weighted by molar-refractivity contribution is 1.69. The maximum Gasteiger partial charge on any atom is 0.0629 e. The summed E-state index contributed by atoms with van der Waals surface area (Å²) in [5.41, 5.74) is 2.39. The van der Waals surface area contributed by atoms with Crippen molar-refractivity contribution >= 4 is 64.6 Å². The van der Waals surface area contributed by atoms with Gasteiger partial charge in [-0.2, -0.15) is 0 Å². The molecule has 0 heteroatoms. The molecule has 0 nitrogen and oxygen atoms in total. The Kier molecular flexibility index (Phi) is 3.73. The van der Waals surface area contributed by atoms with Crippen LogP contribution in [-0.2, 0) is 0 Å². The average molecular weight is 538 g/mol. The first-order valence-electron chi connectivity index (χ1n) is 17.5. The SMILES string of the molecule is [2H]c1cc2c(-c3cccc4c3ccc3cc5ccccc5cc34)c3c([2H])c([2H])c([2H])c([2H])c3c(-c3ccc4ccccc4c3)c2c([2H])c1[2H]. The summed E-state index contributed by atoms with van der Waals surface area (Å²) in [7, 11) is 0. The van der Waals surface area contributed by atoms with Gasteiger partial charge in [0.25, 0.3) is 0 Å². The fourth-order valence-corrected chi connectivity index (χ4v) is 6.60. The molecule has 0 saturated heterocycles. The van der Waals surface area contributed by atoms with Gasteiger partial charge in [-0.15, -0.1) is 0 Å². The van der Waals surface area contributed by atoms with Crippen molar-refractivity contribution in [2.24, 2.45) is 0 Å². The van der Waals surface area contributed by atoms with Crippen molar-refractivity contribution in [1.29, 1.82) is 0 Å². The van der Waals surface area contributed by atoms with E-state index in [4.69, 9.17) is 5.48 Å². The smallest absolute Gasteiger partial charge is 0.0616 e. The summed E-state index contributed by atoms with van der Waals surface area (Å²) in [5.74, 6) is 0. The van der Waals surface area contributed by atoms with Gasteiger partial charge in [0.1, 0.15) is 0 Å². The Bertz CT molecular complexity index is 2910. The van der Waals surface area contributed by atoms with Crippen LogP contribution in [0.5, 0.6) is 0 Å². The van der Waals surface area contributed by atoms with E-state index in [2.05, 4.69) is 36.4 Å². The first kappa shape index (κ1) is 17.4. The van der Waals surface area contributed by atoms with Crippen LogP contribution < -0.4 is 0 Å². The van der Waals surface area contributed by atoms with E-state index in [0.29, 0.717) is 32.8 Å². The molecule has 0 heterocycles. The summed E-state index contributed by atoms with van der Waals surface area (Å²) < 4.78 is 62.9. The topological polar surface area (TPSA) is 0 Å². The minimum Gasteiger partial charge on any atom is -0.0616 e. The zero-order chi connectivity index (χ0) is 33.7. The highest BCUT2D eigenvalue weighted by molar-refractivity contribution is 6.25. The molecule has 0 aliphatic carbocycles. The van der Waals surface area contributed by atoms with Crippen LogP contribution in [0.4, 0.5) is 0 Å². The van der Waals surface area contributed by atoms with E-state index in [1.54, 1.807) is 6.07 Å². The molecule has 0 aliphatic heterocycles. The van der Waals surface area contributed by atoms with Crippen LogP contribution in [0.15, 0.2) is 158 Å². The molecule has 0 saturated carbocycles. The molecule has 0 bridgehead atoms. The quantitative estimate of drug-likeness (QED) is 0.152. The Balaban J connectivity index is 1.52. The third-order valence-corrected chi connectivity index (χ3v) is 8.50. The number of benzene rings is 9. The van der Waals surface area contributed by atoms with Gasteiger partial charge < -0.3 is 0 Å². The van der Waals surface area contributed by atoms with Crippen LogP contribution in [0.3, 0.4) is 0 Å². The number of fused-ring (bicyclic) bond motifs is 7. The Labute approximate surface area is 253 Å². The lowest BCUT2D eigenvalue weighted by atomic mass is 9.84. The second-order valence-corrected chi connectivity index (χ2v) is 10.8. The number of hydrogen-bond acceptors (Lipinski definition) is 0. The predicted octanol–water partition coefficient (Wildman–Crippen LogP) is 11.9. The molecule has 194 valence electrons. The van der Waals surface area contributed by atoms with Crippen LogP contribution in [0.1, 0.15) is 9.60 Å². The minimum atomic E-state index is -0.365. The first-order valence-corrected chi connectivity index (χ1v) is 14.0. The Morgan fingerprint density at radius 1 is 0.333 bits per heavy atom. The zero-order valence-corrected chi connectivity index (χ0v) is 22.5. The van der Waals surface area contributed by atoms with E-state index in [9.17, 15) is 4.11 Å². The Morgan fingerprint density at radius 3 is 1.79 bits per heavy atom. The maximum atomic E-state index is 9.34. The van der Waals surface area contributed by atoms with Gasteiger partial charge in [-0.25, -0.2) is 0 Å². The fourth-order valence-electron chi connectivity index (χ4n) is 6.60. The summed E-state index contributed by atoms with van der Waals surface area (Å²) in [6.07, 6.45) is 0. The molecule has 9 aromatic rings. The Morgan fingerprint density at radius 2 is 0.976 bits per heavy atom. The normalized spacial score (nSPS) is 14.1. The zero-order valence-electron chi connectivity index (χ0n) is 29.5. The highest BCUT2D eigenvalue weighted by Gasteiger charge is 2.18. The third kappa shape index (κ3) is 3.42. The molecular weight excluding hydrogens is 504 g/mol. The summed E-state index contributed by atoms with van der Waals surface area (Å²) in [5, 5.41) is 9.68.